The van der Waals surface area contributed by atoms with Gasteiger partial charge in [-0.3, -0.25) is 4.98 Å². The van der Waals surface area contributed by atoms with Crippen molar-refractivity contribution < 1.29 is 0 Å². The first-order chi connectivity index (χ1) is 4.79. The summed E-state index contributed by atoms with van der Waals surface area (Å²) in [6.45, 7) is 0. The topological polar surface area (TPSA) is 12.9 Å². The number of rotatable bonds is 1. The number of hydrogen-bond acceptors (Lipinski definition) is 1. The molecule has 0 unspecified atom stereocenters. The van der Waals surface area contributed by atoms with Crippen molar-refractivity contribution in [1.82, 2.24) is 4.98 Å². The zero-order valence-electron chi connectivity index (χ0n) is 5.09. The Balaban J connectivity index is 2.87. The minimum atomic E-state index is 0.924. The number of halogens is 2. The fraction of sp³-hybridized carbons (Fsp3) is 0. The molecule has 1 nitrogen and oxygen atoms in total. The van der Waals surface area contributed by atoms with Crippen molar-refractivity contribution in [3.63, 3.8) is 0 Å². The van der Waals surface area contributed by atoms with E-state index in [2.05, 4.69) is 36.8 Å². The Bertz CT molecular complexity index is 227. The first kappa shape index (κ1) is 7.95. The summed E-state index contributed by atoms with van der Waals surface area (Å²) in [6, 6.07) is 3.88. The van der Waals surface area contributed by atoms with Gasteiger partial charge >= 0.3 is 0 Å². The highest BCUT2D eigenvalue weighted by Crippen LogP contribution is 2.16. The third kappa shape index (κ3) is 2.62. The van der Waals surface area contributed by atoms with Gasteiger partial charge in [-0.1, -0.05) is 6.07 Å². The molecule has 1 aromatic rings. The normalized spacial score (nSPS) is 9.00. The lowest BCUT2D eigenvalue weighted by molar-refractivity contribution is 1.32. The van der Waals surface area contributed by atoms with Crippen LogP contribution in [0.5, 0.6) is 0 Å². The zero-order chi connectivity index (χ0) is 7.40. The average molecular weight is 263 g/mol. The quantitative estimate of drug-likeness (QED) is 0.758. The Labute approximate surface area is 76.4 Å². The summed E-state index contributed by atoms with van der Waals surface area (Å²) in [4.78, 5) is 3.95. The fourth-order valence-electron chi connectivity index (χ4n) is 0.587. The van der Waals surface area contributed by atoms with Gasteiger partial charge in [-0.25, -0.2) is 0 Å². The van der Waals surface area contributed by atoms with E-state index in [1.807, 2.05) is 18.2 Å². The van der Waals surface area contributed by atoms with Gasteiger partial charge in [0.15, 0.2) is 0 Å². The molecule has 0 N–H and O–H groups in total. The number of nitrogens with zero attached hydrogens (tertiary/aromatic N) is 1. The number of hydrogen-bond donors (Lipinski definition) is 0. The predicted octanol–water partition coefficient (Wildman–Crippen LogP) is 3.17. The lowest BCUT2D eigenvalue weighted by Crippen LogP contribution is -1.72. The molecule has 0 radical (unpaired) electrons. The molecule has 0 saturated carbocycles. The summed E-state index contributed by atoms with van der Waals surface area (Å²) in [6.07, 6.45) is 5.48. The van der Waals surface area contributed by atoms with Gasteiger partial charge in [0.1, 0.15) is 0 Å². The van der Waals surface area contributed by atoms with E-state index >= 15 is 0 Å². The van der Waals surface area contributed by atoms with Crippen LogP contribution in [0.3, 0.4) is 0 Å². The molecule has 52 valence electrons. The molecule has 0 aliphatic carbocycles. The molecule has 0 fully saturated rings. The molecule has 0 bridgehead atoms. The van der Waals surface area contributed by atoms with Crippen LogP contribution in [0, 0.1) is 0 Å². The largest absolute Gasteiger partial charge is 0.264 e. The van der Waals surface area contributed by atoms with Crippen molar-refractivity contribution >= 4 is 37.9 Å². The summed E-state index contributed by atoms with van der Waals surface area (Å²) in [7, 11) is 0. The van der Waals surface area contributed by atoms with Crippen LogP contribution in [-0.4, -0.2) is 4.98 Å². The van der Waals surface area contributed by atoms with Gasteiger partial charge in [0.25, 0.3) is 0 Å². The van der Waals surface area contributed by atoms with Crippen LogP contribution in [0.15, 0.2) is 27.9 Å². The molecular formula is C7H5Br2N. The second kappa shape index (κ2) is 3.88. The number of pyridine rings is 1. The molecule has 0 aromatic carbocycles. The summed E-state index contributed by atoms with van der Waals surface area (Å²) < 4.78 is 0.924. The van der Waals surface area contributed by atoms with Gasteiger partial charge in [0.2, 0.25) is 0 Å². The molecule has 10 heavy (non-hydrogen) atoms. The van der Waals surface area contributed by atoms with E-state index in [-0.39, 0.29) is 0 Å². The van der Waals surface area contributed by atoms with Crippen LogP contribution in [0.4, 0.5) is 0 Å². The molecule has 1 heterocycles. The minimum Gasteiger partial charge on any atom is -0.264 e. The Kier molecular flexibility index (Phi) is 3.09. The first-order valence-electron chi connectivity index (χ1n) is 2.72. The summed E-state index contributed by atoms with van der Waals surface area (Å²) >= 11 is 6.52. The Morgan fingerprint density at radius 3 is 2.80 bits per heavy atom. The van der Waals surface area contributed by atoms with Gasteiger partial charge in [-0.2, -0.15) is 0 Å². The molecule has 0 spiro atoms. The first-order valence-corrected chi connectivity index (χ1v) is 4.30. The Morgan fingerprint density at radius 1 is 1.50 bits per heavy atom. The maximum absolute atomic E-state index is 3.95. The van der Waals surface area contributed by atoms with E-state index in [0.29, 0.717) is 0 Å². The molecule has 0 atom stereocenters. The second-order valence-electron chi connectivity index (χ2n) is 1.72. The van der Waals surface area contributed by atoms with Gasteiger partial charge in [0, 0.05) is 12.4 Å². The monoisotopic (exact) mass is 261 g/mol. The van der Waals surface area contributed by atoms with Crippen LogP contribution in [0.25, 0.3) is 6.08 Å². The zero-order valence-corrected chi connectivity index (χ0v) is 8.26. The van der Waals surface area contributed by atoms with Gasteiger partial charge < -0.3 is 0 Å². The molecule has 0 aliphatic rings. The van der Waals surface area contributed by atoms with Crippen LogP contribution < -0.4 is 0 Å². The second-order valence-corrected chi connectivity index (χ2v) is 4.49. The third-order valence-corrected chi connectivity index (χ3v) is 1.42. The lowest BCUT2D eigenvalue weighted by Gasteiger charge is -1.88. The maximum Gasteiger partial charge on any atom is 0.0610 e. The molecule has 3 heteroatoms. The van der Waals surface area contributed by atoms with Crippen LogP contribution in [0.2, 0.25) is 0 Å². The van der Waals surface area contributed by atoms with Gasteiger partial charge in [-0.15, -0.1) is 0 Å². The highest BCUT2D eigenvalue weighted by Gasteiger charge is 1.85. The molecule has 1 aromatic heterocycles. The van der Waals surface area contributed by atoms with E-state index in [4.69, 9.17) is 0 Å². The third-order valence-electron chi connectivity index (χ3n) is 0.960. The standard InChI is InChI=1S/C7H5Br2N/c8-7(9)4-6-2-1-3-10-5-6/h1-5H. The molecular weight excluding hydrogens is 258 g/mol. The van der Waals surface area contributed by atoms with Crippen molar-refractivity contribution in [2.24, 2.45) is 0 Å². The van der Waals surface area contributed by atoms with E-state index in [1.54, 1.807) is 12.4 Å². The van der Waals surface area contributed by atoms with Crippen molar-refractivity contribution in [3.05, 3.63) is 33.5 Å². The molecule has 0 aliphatic heterocycles. The van der Waals surface area contributed by atoms with Crippen LogP contribution in [0.1, 0.15) is 5.56 Å². The predicted molar refractivity (Wildman–Crippen MR) is 50.1 cm³/mol. The summed E-state index contributed by atoms with van der Waals surface area (Å²) in [5, 5.41) is 0. The van der Waals surface area contributed by atoms with E-state index in [1.165, 1.54) is 0 Å². The molecule has 0 amide bonds. The van der Waals surface area contributed by atoms with E-state index in [0.717, 1.165) is 8.96 Å². The highest BCUT2D eigenvalue weighted by atomic mass is 79.9. The summed E-state index contributed by atoms with van der Waals surface area (Å²) in [5.74, 6) is 0. The molecule has 0 saturated heterocycles. The lowest BCUT2D eigenvalue weighted by atomic mass is 10.3. The van der Waals surface area contributed by atoms with Crippen molar-refractivity contribution in [2.75, 3.05) is 0 Å². The molecule has 1 rings (SSSR count). The summed E-state index contributed by atoms with van der Waals surface area (Å²) in [5.41, 5.74) is 1.08. The average Bonchev–Trinajstić information content (AvgIpc) is 1.88. The van der Waals surface area contributed by atoms with E-state index < -0.39 is 0 Å². The van der Waals surface area contributed by atoms with E-state index in [9.17, 15) is 0 Å². The number of aromatic nitrogens is 1. The Hall–Kier alpha value is -0.150. The Morgan fingerprint density at radius 2 is 2.30 bits per heavy atom. The highest BCUT2D eigenvalue weighted by molar-refractivity contribution is 9.28. The van der Waals surface area contributed by atoms with Crippen molar-refractivity contribution in [3.8, 4) is 0 Å². The fourth-order valence-corrected chi connectivity index (χ4v) is 1.12. The van der Waals surface area contributed by atoms with Gasteiger partial charge in [0.05, 0.1) is 3.39 Å². The van der Waals surface area contributed by atoms with Crippen LogP contribution in [-0.2, 0) is 0 Å². The smallest absolute Gasteiger partial charge is 0.0610 e. The van der Waals surface area contributed by atoms with Crippen molar-refractivity contribution in [2.45, 2.75) is 0 Å². The maximum atomic E-state index is 3.95. The van der Waals surface area contributed by atoms with Gasteiger partial charge in [-0.05, 0) is 49.6 Å². The SMILES string of the molecule is BrC(Br)=Cc1cccnc1. The van der Waals surface area contributed by atoms with Crippen LogP contribution >= 0.6 is 31.9 Å². The minimum absolute atomic E-state index is 0.924. The van der Waals surface area contributed by atoms with Crippen molar-refractivity contribution in [1.29, 1.82) is 0 Å².